The molecular weight excluding hydrogens is 755 g/mol. The van der Waals surface area contributed by atoms with Gasteiger partial charge in [-0.3, -0.25) is 0 Å². The molecule has 0 saturated heterocycles. The van der Waals surface area contributed by atoms with Crippen molar-refractivity contribution in [2.75, 3.05) is 5.73 Å². The molecule has 4 rings (SSSR count). The summed E-state index contributed by atoms with van der Waals surface area (Å²) in [5.41, 5.74) is 6.54. The van der Waals surface area contributed by atoms with Crippen molar-refractivity contribution in [1.82, 2.24) is 46.2 Å². The first-order valence-corrected chi connectivity index (χ1v) is 9.43. The van der Waals surface area contributed by atoms with Gasteiger partial charge in [-0.15, -0.1) is 34.2 Å². The molecule has 1 aromatic carbocycles. The maximum atomic E-state index is 5.67. The van der Waals surface area contributed by atoms with Gasteiger partial charge in [0.1, 0.15) is 0 Å². The molecule has 0 fully saturated rings. The molecule has 10 nitrogen and oxygen atoms in total. The Bertz CT molecular complexity index is 630. The fraction of sp³-hybridized carbons (Fsp3) is 0. The topological polar surface area (TPSA) is 151 Å². The van der Waals surface area contributed by atoms with E-state index in [1.54, 1.807) is 0 Å². The number of halogens is 4. The summed E-state index contributed by atoms with van der Waals surface area (Å²) in [5.74, 6) is 0. The third-order valence-electron chi connectivity index (χ3n) is 1.95. The summed E-state index contributed by atoms with van der Waals surface area (Å²) in [7, 11) is 0. The van der Waals surface area contributed by atoms with Crippen LogP contribution in [0.3, 0.4) is 0 Å². The molecule has 0 atom stereocenters. The zero-order valence-electron chi connectivity index (χ0n) is 13.0. The van der Waals surface area contributed by atoms with Crippen LogP contribution in [0.2, 0.25) is 0 Å². The van der Waals surface area contributed by atoms with Crippen LogP contribution >= 0.6 is 67.8 Å². The second kappa shape index (κ2) is 18.8. The van der Waals surface area contributed by atoms with Gasteiger partial charge in [-0.1, -0.05) is 0 Å². The van der Waals surface area contributed by atoms with E-state index in [1.807, 2.05) is 12.1 Å². The summed E-state index contributed by atoms with van der Waals surface area (Å²) < 4.78 is 3.67. The smallest absolute Gasteiger partial charge is 0.0504 e. The van der Waals surface area contributed by atoms with Crippen LogP contribution in [0.25, 0.3) is 0 Å². The fourth-order valence-corrected chi connectivity index (χ4v) is 2.90. The molecule has 147 valence electrons. The van der Waals surface area contributed by atoms with Crippen molar-refractivity contribution in [2.24, 2.45) is 0 Å². The first-order chi connectivity index (χ1) is 12.1. The number of anilines is 1. The van der Waals surface area contributed by atoms with Gasteiger partial charge in [-0.25, -0.2) is 0 Å². The van der Waals surface area contributed by atoms with Gasteiger partial charge in [0, 0.05) is 29.9 Å². The minimum atomic E-state index is 0. The number of aromatic nitrogens is 9. The standard InChI is InChI=1S/C6H4I3N.3C2H2N3.ClH.Mn/c7-3-1-2-4(10)6(9)5(3)8;3*1-2-4-5-3-1;;/h1-2H,10H2;3*1H,(H,3,4,5);1H;/q;3*-1;;/p-1. The van der Waals surface area contributed by atoms with E-state index >= 15 is 0 Å². The summed E-state index contributed by atoms with van der Waals surface area (Å²) in [4.78, 5) is 0. The van der Waals surface area contributed by atoms with Crippen LogP contribution in [0, 0.1) is 29.3 Å². The molecule has 15 heteroatoms. The number of nitrogen functional groups attached to an aromatic ring is 1. The average molecular weight is 765 g/mol. The normalized spacial score (nSPS) is 8.11. The number of aromatic amines is 3. The summed E-state index contributed by atoms with van der Waals surface area (Å²) in [6, 6.07) is 3.96. The van der Waals surface area contributed by atoms with E-state index in [-0.39, 0.29) is 29.5 Å². The molecule has 27 heavy (non-hydrogen) atoms. The number of rotatable bonds is 0. The molecule has 1 radical (unpaired) electrons. The molecule has 0 saturated carbocycles. The second-order valence-electron chi connectivity index (χ2n) is 3.57. The number of benzene rings is 1. The maximum absolute atomic E-state index is 5.67. The summed E-state index contributed by atoms with van der Waals surface area (Å²) in [6.07, 6.45) is 11.9. The van der Waals surface area contributed by atoms with Crippen molar-refractivity contribution >= 4 is 73.5 Å². The van der Waals surface area contributed by atoms with Crippen LogP contribution in [-0.4, -0.2) is 46.2 Å². The van der Waals surface area contributed by atoms with Crippen LogP contribution in [0.1, 0.15) is 0 Å². The van der Waals surface area contributed by atoms with E-state index in [4.69, 9.17) is 5.73 Å². The molecule has 4 aromatic rings. The Morgan fingerprint density at radius 2 is 1.15 bits per heavy atom. The Labute approximate surface area is 212 Å². The molecule has 0 bridgehead atoms. The molecule has 0 amide bonds. The van der Waals surface area contributed by atoms with Gasteiger partial charge >= 0.3 is 0 Å². The van der Waals surface area contributed by atoms with E-state index in [0.29, 0.717) is 0 Å². The van der Waals surface area contributed by atoms with Crippen LogP contribution in [0.5, 0.6) is 0 Å². The molecular formula is C12H10ClI3MnN10-4. The molecule has 0 aliphatic rings. The summed E-state index contributed by atoms with van der Waals surface area (Å²) in [5, 5.41) is 27.1. The maximum Gasteiger partial charge on any atom is 0.0504 e. The largest absolute Gasteiger partial charge is 1.00 e. The van der Waals surface area contributed by atoms with Crippen LogP contribution in [0.15, 0.2) is 30.7 Å². The Balaban J connectivity index is 0. The average Bonchev–Trinajstić information content (AvgIpc) is 3.43. The Morgan fingerprint density at radius 3 is 1.37 bits per heavy atom. The predicted molar refractivity (Wildman–Crippen MR) is 115 cm³/mol. The molecule has 0 unspecified atom stereocenters. The number of nitrogens with zero attached hydrogens (tertiary/aromatic N) is 6. The molecule has 0 aliphatic carbocycles. The zero-order valence-corrected chi connectivity index (χ0v) is 21.4. The third-order valence-corrected chi connectivity index (χ3v) is 7.19. The van der Waals surface area contributed by atoms with E-state index in [2.05, 4.69) is 133 Å². The molecule has 3 heterocycles. The van der Waals surface area contributed by atoms with Gasteiger partial charge in [0.15, 0.2) is 0 Å². The van der Waals surface area contributed by atoms with E-state index < -0.39 is 0 Å². The van der Waals surface area contributed by atoms with Crippen molar-refractivity contribution in [3.05, 3.63) is 60.0 Å². The predicted octanol–water partition coefficient (Wildman–Crippen LogP) is -1.10. The number of hydrogen-bond acceptors (Lipinski definition) is 7. The van der Waals surface area contributed by atoms with Gasteiger partial charge in [-0.05, 0) is 79.9 Å². The second-order valence-corrected chi connectivity index (χ2v) is 6.89. The van der Waals surface area contributed by atoms with Crippen LogP contribution in [-0.2, 0) is 17.1 Å². The van der Waals surface area contributed by atoms with E-state index in [1.165, 1.54) is 25.7 Å². The number of hydrogen-bond donors (Lipinski definition) is 4. The van der Waals surface area contributed by atoms with Crippen LogP contribution in [0.4, 0.5) is 5.69 Å². The van der Waals surface area contributed by atoms with Gasteiger partial charge in [0.25, 0.3) is 0 Å². The quantitative estimate of drug-likeness (QED) is 0.0584. The first kappa shape index (κ1) is 28.6. The number of H-pyrrole nitrogens is 3. The Morgan fingerprint density at radius 1 is 0.741 bits per heavy atom. The number of nitrogens with two attached hydrogens (primary N) is 1. The minimum Gasteiger partial charge on any atom is -1.00 e. The Kier molecular flexibility index (Phi) is 19.9. The van der Waals surface area contributed by atoms with Gasteiger partial charge < -0.3 is 67.3 Å². The van der Waals surface area contributed by atoms with Crippen molar-refractivity contribution < 1.29 is 29.5 Å². The van der Waals surface area contributed by atoms with Gasteiger partial charge in [0.05, 0.1) is 3.57 Å². The van der Waals surface area contributed by atoms with E-state index in [0.717, 1.165) is 9.26 Å². The number of nitrogens with one attached hydrogen (secondary N) is 3. The monoisotopic (exact) mass is 765 g/mol. The van der Waals surface area contributed by atoms with Crippen molar-refractivity contribution in [2.45, 2.75) is 0 Å². The van der Waals surface area contributed by atoms with Gasteiger partial charge in [0.2, 0.25) is 0 Å². The van der Waals surface area contributed by atoms with Crippen molar-refractivity contribution in [3.63, 3.8) is 0 Å². The SMILES string of the molecule is Nc1ccc(I)c(I)c1I.[Cl-].[Mn].[c-]1c[nH]nn1.[c-]1c[nH]nn1.[c-]1c[nH]nn1. The summed E-state index contributed by atoms with van der Waals surface area (Å²) in [6.45, 7) is 0. The fourth-order valence-electron chi connectivity index (χ4n) is 0.974. The minimum absolute atomic E-state index is 0. The molecule has 5 N–H and O–H groups in total. The van der Waals surface area contributed by atoms with Crippen molar-refractivity contribution in [3.8, 4) is 0 Å². The van der Waals surface area contributed by atoms with Crippen LogP contribution < -0.4 is 18.1 Å². The summed E-state index contributed by atoms with van der Waals surface area (Å²) >= 11 is 6.86. The molecule has 0 aliphatic heterocycles. The zero-order chi connectivity index (χ0) is 18.3. The molecule has 3 aromatic heterocycles. The Hall–Kier alpha value is -0.561. The first-order valence-electron chi connectivity index (χ1n) is 6.19. The van der Waals surface area contributed by atoms with Crippen molar-refractivity contribution in [1.29, 1.82) is 0 Å². The molecule has 0 spiro atoms. The van der Waals surface area contributed by atoms with E-state index in [9.17, 15) is 0 Å². The van der Waals surface area contributed by atoms with Gasteiger partial charge in [-0.2, -0.15) is 0 Å². The third kappa shape index (κ3) is 14.1.